The molecule has 1 fully saturated rings. The third-order valence-corrected chi connectivity index (χ3v) is 8.45. The number of fused-ring (bicyclic) bond motifs is 1. The lowest BCUT2D eigenvalue weighted by Crippen LogP contribution is -2.33. The van der Waals surface area contributed by atoms with E-state index >= 15 is 0 Å². The zero-order chi connectivity index (χ0) is 28.8. The predicted molar refractivity (Wildman–Crippen MR) is 148 cm³/mol. The predicted octanol–water partition coefficient (Wildman–Crippen LogP) is 7.39. The highest BCUT2D eigenvalue weighted by molar-refractivity contribution is 5.85. The first-order chi connectivity index (χ1) is 19.0. The van der Waals surface area contributed by atoms with Gasteiger partial charge in [-0.05, 0) is 48.3 Å². The Bertz CT molecular complexity index is 1530. The van der Waals surface area contributed by atoms with E-state index < -0.39 is 23.6 Å². The van der Waals surface area contributed by atoms with E-state index in [1.807, 2.05) is 41.8 Å². The Labute approximate surface area is 231 Å². The van der Waals surface area contributed by atoms with Crippen LogP contribution in [-0.2, 0) is 11.0 Å². The molecule has 0 saturated heterocycles. The molecular formula is C31H33F3N4O2. The van der Waals surface area contributed by atoms with Crippen molar-refractivity contribution in [3.8, 4) is 11.3 Å². The molecule has 5 rings (SSSR count). The minimum atomic E-state index is -4.40. The van der Waals surface area contributed by atoms with Gasteiger partial charge in [0.25, 0.3) is 0 Å². The Kier molecular flexibility index (Phi) is 7.33. The number of aromatic nitrogens is 3. The number of nitrogen functional groups attached to an aromatic ring is 1. The van der Waals surface area contributed by atoms with Crippen LogP contribution in [0, 0.1) is 17.8 Å². The van der Waals surface area contributed by atoms with Crippen LogP contribution in [0.1, 0.15) is 74.4 Å². The van der Waals surface area contributed by atoms with Crippen molar-refractivity contribution in [3.05, 3.63) is 83.4 Å². The maximum Gasteiger partial charge on any atom is 0.416 e. The van der Waals surface area contributed by atoms with Gasteiger partial charge in [-0.1, -0.05) is 63.2 Å². The molecule has 6 nitrogen and oxygen atoms in total. The van der Waals surface area contributed by atoms with Crippen molar-refractivity contribution < 1.29 is 23.1 Å². The van der Waals surface area contributed by atoms with Crippen LogP contribution in [0.4, 0.5) is 19.0 Å². The Morgan fingerprint density at radius 2 is 1.80 bits per heavy atom. The normalized spacial score (nSPS) is 20.6. The Morgan fingerprint density at radius 1 is 1.07 bits per heavy atom. The lowest BCUT2D eigenvalue weighted by Gasteiger charge is -2.35. The smallest absolute Gasteiger partial charge is 0.416 e. The molecule has 0 aliphatic heterocycles. The van der Waals surface area contributed by atoms with Crippen molar-refractivity contribution in [2.45, 2.75) is 58.0 Å². The van der Waals surface area contributed by atoms with Gasteiger partial charge < -0.3 is 10.8 Å². The summed E-state index contributed by atoms with van der Waals surface area (Å²) in [6.07, 6.45) is 1.18. The number of carboxylic acids is 1. The molecule has 210 valence electrons. The number of nitrogens with zero attached hydrogens (tertiary/aromatic N) is 3. The maximum atomic E-state index is 13.2. The number of benzene rings is 2. The molecule has 1 aliphatic rings. The number of rotatable bonds is 6. The van der Waals surface area contributed by atoms with Crippen molar-refractivity contribution in [1.29, 1.82) is 0 Å². The molecular weight excluding hydrogens is 517 g/mol. The fourth-order valence-corrected chi connectivity index (χ4v) is 6.19. The van der Waals surface area contributed by atoms with Crippen molar-refractivity contribution in [2.75, 3.05) is 5.73 Å². The summed E-state index contributed by atoms with van der Waals surface area (Å²) in [4.78, 5) is 21.4. The largest absolute Gasteiger partial charge is 0.481 e. The summed E-state index contributed by atoms with van der Waals surface area (Å²) >= 11 is 0. The van der Waals surface area contributed by atoms with Crippen LogP contribution >= 0.6 is 0 Å². The average molecular weight is 551 g/mol. The minimum absolute atomic E-state index is 0.0423. The minimum Gasteiger partial charge on any atom is -0.481 e. The summed E-state index contributed by atoms with van der Waals surface area (Å²) in [5.74, 6) is 0.00321. The van der Waals surface area contributed by atoms with Gasteiger partial charge in [0.2, 0.25) is 0 Å². The zero-order valence-corrected chi connectivity index (χ0v) is 22.7. The summed E-state index contributed by atoms with van der Waals surface area (Å²) in [5, 5.41) is 9.96. The van der Waals surface area contributed by atoms with Gasteiger partial charge in [0.05, 0.1) is 11.5 Å². The third kappa shape index (κ3) is 5.17. The third-order valence-electron chi connectivity index (χ3n) is 8.45. The summed E-state index contributed by atoms with van der Waals surface area (Å²) in [5.41, 5.74) is 9.21. The first-order valence-corrected chi connectivity index (χ1v) is 13.6. The number of nitrogens with two attached hydrogens (primary N) is 1. The van der Waals surface area contributed by atoms with Crippen molar-refractivity contribution in [3.63, 3.8) is 0 Å². The van der Waals surface area contributed by atoms with Crippen LogP contribution in [0.3, 0.4) is 0 Å². The molecule has 2 aromatic heterocycles. The lowest BCUT2D eigenvalue weighted by atomic mass is 9.69. The molecule has 0 spiro atoms. The van der Waals surface area contributed by atoms with E-state index in [1.54, 1.807) is 12.3 Å². The SMILES string of the molecule is CC(C)[C@H]1CC[C@@H](c2nc(-c3ccc([C@H](C)c4cccc(C(F)(F)F)c4)cc3)c3c(N)nccn23)C[C@H]1C(=O)O. The van der Waals surface area contributed by atoms with Crippen molar-refractivity contribution in [1.82, 2.24) is 14.4 Å². The Hall–Kier alpha value is -3.88. The Balaban J connectivity index is 1.49. The topological polar surface area (TPSA) is 93.5 Å². The van der Waals surface area contributed by atoms with E-state index in [4.69, 9.17) is 10.7 Å². The molecule has 2 heterocycles. The summed E-state index contributed by atoms with van der Waals surface area (Å²) < 4.78 is 41.6. The van der Waals surface area contributed by atoms with Gasteiger partial charge in [-0.2, -0.15) is 13.2 Å². The van der Waals surface area contributed by atoms with E-state index in [0.29, 0.717) is 29.0 Å². The average Bonchev–Trinajstić information content (AvgIpc) is 3.33. The lowest BCUT2D eigenvalue weighted by molar-refractivity contribution is -0.146. The summed E-state index contributed by atoms with van der Waals surface area (Å²) in [7, 11) is 0. The molecule has 4 aromatic rings. The number of hydrogen-bond donors (Lipinski definition) is 2. The van der Waals surface area contributed by atoms with Gasteiger partial charge in [-0.3, -0.25) is 9.20 Å². The molecule has 1 saturated carbocycles. The van der Waals surface area contributed by atoms with Gasteiger partial charge >= 0.3 is 12.1 Å². The fourth-order valence-electron chi connectivity index (χ4n) is 6.19. The fraction of sp³-hybridized carbons (Fsp3) is 0.387. The van der Waals surface area contributed by atoms with Gasteiger partial charge in [0.15, 0.2) is 0 Å². The number of halogens is 3. The molecule has 2 aromatic carbocycles. The molecule has 3 N–H and O–H groups in total. The van der Waals surface area contributed by atoms with Crippen LogP contribution in [-0.4, -0.2) is 25.4 Å². The van der Waals surface area contributed by atoms with E-state index in [0.717, 1.165) is 35.9 Å². The number of alkyl halides is 3. The number of carbonyl (C=O) groups is 1. The number of carboxylic acid groups (broad SMARTS) is 1. The highest BCUT2D eigenvalue weighted by Gasteiger charge is 2.39. The van der Waals surface area contributed by atoms with Gasteiger partial charge in [-0.25, -0.2) is 9.97 Å². The second kappa shape index (κ2) is 10.6. The summed E-state index contributed by atoms with van der Waals surface area (Å²) in [6, 6.07) is 13.0. The second-order valence-electron chi connectivity index (χ2n) is 11.2. The van der Waals surface area contributed by atoms with Crippen LogP contribution < -0.4 is 5.73 Å². The van der Waals surface area contributed by atoms with Crippen LogP contribution in [0.25, 0.3) is 16.8 Å². The van der Waals surface area contributed by atoms with Crippen LogP contribution in [0.2, 0.25) is 0 Å². The number of aliphatic carboxylic acids is 1. The first-order valence-electron chi connectivity index (χ1n) is 13.6. The van der Waals surface area contributed by atoms with Crippen LogP contribution in [0.15, 0.2) is 60.9 Å². The van der Waals surface area contributed by atoms with E-state index in [-0.39, 0.29) is 23.7 Å². The van der Waals surface area contributed by atoms with Gasteiger partial charge in [-0.15, -0.1) is 0 Å². The van der Waals surface area contributed by atoms with Crippen molar-refractivity contribution >= 4 is 17.3 Å². The first kappa shape index (κ1) is 27.7. The van der Waals surface area contributed by atoms with E-state index in [9.17, 15) is 23.1 Å². The van der Waals surface area contributed by atoms with E-state index in [2.05, 4.69) is 18.8 Å². The molecule has 1 aliphatic carbocycles. The maximum absolute atomic E-state index is 13.2. The van der Waals surface area contributed by atoms with Gasteiger partial charge in [0, 0.05) is 29.8 Å². The molecule has 0 radical (unpaired) electrons. The molecule has 0 amide bonds. The molecule has 4 atom stereocenters. The van der Waals surface area contributed by atoms with E-state index in [1.165, 1.54) is 12.1 Å². The molecule has 0 unspecified atom stereocenters. The molecule has 40 heavy (non-hydrogen) atoms. The monoisotopic (exact) mass is 550 g/mol. The standard InChI is InChI=1S/C31H33F3N4O2/c1-17(2)24-12-11-22(16-25(24)30(39)40)29-37-26(27-28(35)36-13-14-38(27)29)20-9-7-19(8-10-20)18(3)21-5-4-6-23(15-21)31(32,33)34/h4-10,13-15,17-18,22,24-25H,11-12,16H2,1-3H3,(H2,35,36)(H,39,40)/t18-,22+,24+,25+/m0/s1. The van der Waals surface area contributed by atoms with Gasteiger partial charge in [0.1, 0.15) is 22.9 Å². The molecule has 0 bridgehead atoms. The highest BCUT2D eigenvalue weighted by atomic mass is 19.4. The highest BCUT2D eigenvalue weighted by Crippen LogP contribution is 2.44. The number of hydrogen-bond acceptors (Lipinski definition) is 4. The zero-order valence-electron chi connectivity index (χ0n) is 22.7. The second-order valence-corrected chi connectivity index (χ2v) is 11.2. The summed E-state index contributed by atoms with van der Waals surface area (Å²) in [6.45, 7) is 6.03. The number of imidazole rings is 1. The van der Waals surface area contributed by atoms with Crippen molar-refractivity contribution in [2.24, 2.45) is 17.8 Å². The quantitative estimate of drug-likeness (QED) is 0.261. The van der Waals surface area contributed by atoms with Crippen LogP contribution in [0.5, 0.6) is 0 Å². The molecule has 9 heteroatoms. The number of anilines is 1. The Morgan fingerprint density at radius 3 is 2.45 bits per heavy atom.